The van der Waals surface area contributed by atoms with Crippen molar-refractivity contribution in [2.24, 2.45) is 16.9 Å². The highest BCUT2D eigenvalue weighted by Gasteiger charge is 2.31. The lowest BCUT2D eigenvalue weighted by Gasteiger charge is -2.34. The molecule has 2 nitrogen and oxygen atoms in total. The lowest BCUT2D eigenvalue weighted by molar-refractivity contribution is 0.511. The zero-order valence-electron chi connectivity index (χ0n) is 7.75. The van der Waals surface area contributed by atoms with Crippen LogP contribution in [0.25, 0.3) is 0 Å². The molecule has 2 rings (SSSR count). The molecule has 0 bridgehead atoms. The molecule has 68 valence electrons. The van der Waals surface area contributed by atoms with Gasteiger partial charge >= 0.3 is 0 Å². The van der Waals surface area contributed by atoms with E-state index < -0.39 is 0 Å². The summed E-state index contributed by atoms with van der Waals surface area (Å²) in [5.74, 6) is 0. The molecule has 0 aromatic carbocycles. The van der Waals surface area contributed by atoms with Crippen molar-refractivity contribution in [1.82, 2.24) is 0 Å². The van der Waals surface area contributed by atoms with Crippen LogP contribution in [0.15, 0.2) is 47.3 Å². The number of allylic oxidation sites excluding steroid dienone is 6. The van der Waals surface area contributed by atoms with Crippen molar-refractivity contribution < 1.29 is 0 Å². The van der Waals surface area contributed by atoms with E-state index in [2.05, 4.69) is 19.1 Å². The fourth-order valence-electron chi connectivity index (χ4n) is 2.04. The zero-order valence-corrected chi connectivity index (χ0v) is 7.75. The Balaban J connectivity index is 2.59. The van der Waals surface area contributed by atoms with E-state index in [-0.39, 0.29) is 5.41 Å². The monoisotopic (exact) mass is 174 g/mol. The standard InChI is InChI=1S/C11H14N2/c1-11-6-2-4-8(12)10(11)9(13)5-3-7-11/h2-6H,7,12-13H2,1H3. The van der Waals surface area contributed by atoms with E-state index in [1.54, 1.807) is 0 Å². The summed E-state index contributed by atoms with van der Waals surface area (Å²) >= 11 is 0. The molecule has 0 spiro atoms. The Bertz CT molecular complexity index is 358. The van der Waals surface area contributed by atoms with E-state index in [9.17, 15) is 0 Å². The quantitative estimate of drug-likeness (QED) is 0.585. The Kier molecular flexibility index (Phi) is 1.59. The molecule has 1 atom stereocenters. The summed E-state index contributed by atoms with van der Waals surface area (Å²) in [4.78, 5) is 0. The minimum atomic E-state index is 0.0116. The summed E-state index contributed by atoms with van der Waals surface area (Å²) < 4.78 is 0. The highest BCUT2D eigenvalue weighted by molar-refractivity contribution is 5.50. The minimum absolute atomic E-state index is 0.0116. The molecule has 13 heavy (non-hydrogen) atoms. The Labute approximate surface area is 78.3 Å². The van der Waals surface area contributed by atoms with E-state index in [1.165, 1.54) is 0 Å². The van der Waals surface area contributed by atoms with Gasteiger partial charge in [0.25, 0.3) is 0 Å². The van der Waals surface area contributed by atoms with Crippen LogP contribution in [0.5, 0.6) is 0 Å². The fourth-order valence-corrected chi connectivity index (χ4v) is 2.04. The molecule has 0 amide bonds. The Morgan fingerprint density at radius 2 is 2.15 bits per heavy atom. The summed E-state index contributed by atoms with van der Waals surface area (Å²) in [7, 11) is 0. The smallest absolute Gasteiger partial charge is 0.0376 e. The summed E-state index contributed by atoms with van der Waals surface area (Å²) in [6.45, 7) is 2.16. The lowest BCUT2D eigenvalue weighted by atomic mass is 9.72. The van der Waals surface area contributed by atoms with Crippen LogP contribution in [-0.2, 0) is 0 Å². The van der Waals surface area contributed by atoms with Gasteiger partial charge in [-0.15, -0.1) is 0 Å². The third-order valence-electron chi connectivity index (χ3n) is 2.73. The first-order valence-electron chi connectivity index (χ1n) is 4.46. The van der Waals surface area contributed by atoms with Gasteiger partial charge in [0.15, 0.2) is 0 Å². The van der Waals surface area contributed by atoms with Crippen molar-refractivity contribution in [1.29, 1.82) is 0 Å². The van der Waals surface area contributed by atoms with Crippen molar-refractivity contribution in [3.05, 3.63) is 47.3 Å². The largest absolute Gasteiger partial charge is 0.398 e. The number of rotatable bonds is 0. The first-order valence-corrected chi connectivity index (χ1v) is 4.46. The number of hydrogen-bond acceptors (Lipinski definition) is 2. The molecule has 0 heterocycles. The molecule has 0 radical (unpaired) electrons. The number of nitrogens with two attached hydrogens (primary N) is 2. The van der Waals surface area contributed by atoms with Crippen molar-refractivity contribution in [2.45, 2.75) is 13.3 Å². The molecule has 0 saturated heterocycles. The molecule has 0 aromatic rings. The predicted octanol–water partition coefficient (Wildman–Crippen LogP) is 1.58. The van der Waals surface area contributed by atoms with Crippen LogP contribution in [0.2, 0.25) is 0 Å². The van der Waals surface area contributed by atoms with E-state index in [0.29, 0.717) is 0 Å². The third kappa shape index (κ3) is 1.10. The Morgan fingerprint density at radius 1 is 1.38 bits per heavy atom. The maximum absolute atomic E-state index is 5.90. The van der Waals surface area contributed by atoms with E-state index in [4.69, 9.17) is 11.5 Å². The second kappa shape index (κ2) is 2.52. The average Bonchev–Trinajstić information content (AvgIpc) is 2.02. The van der Waals surface area contributed by atoms with Crippen molar-refractivity contribution in [3.8, 4) is 0 Å². The van der Waals surface area contributed by atoms with Gasteiger partial charge in [-0.05, 0) is 18.6 Å². The molecular weight excluding hydrogens is 160 g/mol. The second-order valence-corrected chi connectivity index (χ2v) is 3.84. The van der Waals surface area contributed by atoms with Gasteiger partial charge in [0.1, 0.15) is 0 Å². The number of hydrogen-bond donors (Lipinski definition) is 2. The topological polar surface area (TPSA) is 52.0 Å². The van der Waals surface area contributed by atoms with Crippen LogP contribution < -0.4 is 11.5 Å². The molecule has 0 saturated carbocycles. The summed E-state index contributed by atoms with van der Waals surface area (Å²) in [5, 5.41) is 0. The molecule has 1 unspecified atom stereocenters. The third-order valence-corrected chi connectivity index (χ3v) is 2.73. The van der Waals surface area contributed by atoms with Crippen LogP contribution in [0, 0.1) is 5.41 Å². The number of fused-ring (bicyclic) bond motifs is 1. The molecule has 0 aromatic heterocycles. The molecule has 0 fully saturated rings. The lowest BCUT2D eigenvalue weighted by Crippen LogP contribution is -2.28. The van der Waals surface area contributed by atoms with Gasteiger partial charge in [-0.1, -0.05) is 25.2 Å². The van der Waals surface area contributed by atoms with Crippen molar-refractivity contribution in [3.63, 3.8) is 0 Å². The van der Waals surface area contributed by atoms with Gasteiger partial charge in [0, 0.05) is 22.4 Å². The minimum Gasteiger partial charge on any atom is -0.398 e. The van der Waals surface area contributed by atoms with Crippen LogP contribution in [0.4, 0.5) is 0 Å². The van der Waals surface area contributed by atoms with Gasteiger partial charge < -0.3 is 11.5 Å². The molecule has 0 aliphatic heterocycles. The second-order valence-electron chi connectivity index (χ2n) is 3.84. The molecule has 2 heteroatoms. The van der Waals surface area contributed by atoms with Crippen LogP contribution in [0.1, 0.15) is 13.3 Å². The normalized spacial score (nSPS) is 31.6. The molecule has 4 N–H and O–H groups in total. The van der Waals surface area contributed by atoms with Crippen LogP contribution in [-0.4, -0.2) is 0 Å². The maximum atomic E-state index is 5.90. The highest BCUT2D eigenvalue weighted by Crippen LogP contribution is 2.41. The summed E-state index contributed by atoms with van der Waals surface area (Å²) in [5.41, 5.74) is 14.5. The SMILES string of the molecule is CC12C=CC=C(N)C1=C(N)C=CC2. The first-order chi connectivity index (χ1) is 6.13. The van der Waals surface area contributed by atoms with Gasteiger partial charge in [0.2, 0.25) is 0 Å². The molecular formula is C11H14N2. The van der Waals surface area contributed by atoms with E-state index >= 15 is 0 Å². The Morgan fingerprint density at radius 3 is 2.85 bits per heavy atom. The Hall–Kier alpha value is -1.44. The molecule has 2 aliphatic rings. The summed E-state index contributed by atoms with van der Waals surface area (Å²) in [6.07, 6.45) is 11.1. The highest BCUT2D eigenvalue weighted by atomic mass is 14.7. The van der Waals surface area contributed by atoms with Gasteiger partial charge in [-0.2, -0.15) is 0 Å². The van der Waals surface area contributed by atoms with Crippen molar-refractivity contribution in [2.75, 3.05) is 0 Å². The first kappa shape index (κ1) is 8.17. The van der Waals surface area contributed by atoms with Gasteiger partial charge in [-0.25, -0.2) is 0 Å². The van der Waals surface area contributed by atoms with Gasteiger partial charge in [-0.3, -0.25) is 0 Å². The van der Waals surface area contributed by atoms with Gasteiger partial charge in [0.05, 0.1) is 0 Å². The zero-order chi connectivity index (χ0) is 9.47. The van der Waals surface area contributed by atoms with Crippen LogP contribution >= 0.6 is 0 Å². The maximum Gasteiger partial charge on any atom is 0.0376 e. The fraction of sp³-hybridized carbons (Fsp3) is 0.273. The molecule has 2 aliphatic carbocycles. The predicted molar refractivity (Wildman–Crippen MR) is 54.5 cm³/mol. The van der Waals surface area contributed by atoms with E-state index in [1.807, 2.05) is 18.2 Å². The van der Waals surface area contributed by atoms with Crippen LogP contribution in [0.3, 0.4) is 0 Å². The van der Waals surface area contributed by atoms with Crippen molar-refractivity contribution >= 4 is 0 Å². The summed E-state index contributed by atoms with van der Waals surface area (Å²) in [6, 6.07) is 0. The van der Waals surface area contributed by atoms with E-state index in [0.717, 1.165) is 23.4 Å². The average molecular weight is 174 g/mol.